The average molecular weight is 256 g/mol. The summed E-state index contributed by atoms with van der Waals surface area (Å²) in [5, 5.41) is 1.63. The number of nitrogens with zero attached hydrogens (tertiary/aromatic N) is 2. The summed E-state index contributed by atoms with van der Waals surface area (Å²) in [4.78, 5) is 8.33. The Bertz CT molecular complexity index is 725. The third-order valence-electron chi connectivity index (χ3n) is 2.84. The monoisotopic (exact) mass is 255 g/mol. The Labute approximate surface area is 109 Å². The van der Waals surface area contributed by atoms with E-state index >= 15 is 0 Å². The molecule has 0 aliphatic heterocycles. The third kappa shape index (κ3) is 1.69. The van der Waals surface area contributed by atoms with Gasteiger partial charge in [0, 0.05) is 27.7 Å². The normalized spacial score (nSPS) is 10.7. The van der Waals surface area contributed by atoms with Gasteiger partial charge in [-0.3, -0.25) is 9.97 Å². The van der Waals surface area contributed by atoms with Gasteiger partial charge >= 0.3 is 0 Å². The Morgan fingerprint density at radius 1 is 1.06 bits per heavy atom. The van der Waals surface area contributed by atoms with Crippen molar-refractivity contribution in [3.63, 3.8) is 0 Å². The molecule has 0 aliphatic rings. The molecule has 0 saturated heterocycles. The maximum Gasteiger partial charge on any atom is 0.0893 e. The van der Waals surface area contributed by atoms with E-state index in [9.17, 15) is 0 Å². The molecule has 3 aromatic rings. The molecule has 0 amide bonds. The van der Waals surface area contributed by atoms with Crippen molar-refractivity contribution in [1.82, 2.24) is 9.97 Å². The largest absolute Gasteiger partial charge is 0.397 e. The van der Waals surface area contributed by atoms with Gasteiger partial charge in [-0.2, -0.15) is 0 Å². The topological polar surface area (TPSA) is 51.8 Å². The van der Waals surface area contributed by atoms with Crippen LogP contribution in [0.2, 0.25) is 5.02 Å². The van der Waals surface area contributed by atoms with Gasteiger partial charge in [-0.15, -0.1) is 0 Å². The van der Waals surface area contributed by atoms with Crippen molar-refractivity contribution in [2.45, 2.75) is 0 Å². The van der Waals surface area contributed by atoms with Crippen molar-refractivity contribution < 1.29 is 0 Å². The first-order valence-electron chi connectivity index (χ1n) is 5.50. The fraction of sp³-hybridized carbons (Fsp3) is 0. The number of hydrogen-bond donors (Lipinski definition) is 1. The van der Waals surface area contributed by atoms with E-state index in [4.69, 9.17) is 17.3 Å². The molecule has 0 fully saturated rings. The summed E-state index contributed by atoms with van der Waals surface area (Å²) in [6.45, 7) is 0. The first-order chi connectivity index (χ1) is 8.77. The zero-order valence-electron chi connectivity index (χ0n) is 9.47. The van der Waals surface area contributed by atoms with Crippen LogP contribution >= 0.6 is 11.6 Å². The van der Waals surface area contributed by atoms with Gasteiger partial charge in [0.1, 0.15) is 0 Å². The molecule has 0 spiro atoms. The number of nitrogen functional groups attached to an aromatic ring is 1. The molecule has 0 unspecified atom stereocenters. The van der Waals surface area contributed by atoms with Gasteiger partial charge in [-0.1, -0.05) is 29.8 Å². The Hall–Kier alpha value is -2.13. The lowest BCUT2D eigenvalue weighted by Gasteiger charge is -2.10. The number of halogens is 1. The van der Waals surface area contributed by atoms with Gasteiger partial charge in [0.05, 0.1) is 23.6 Å². The molecule has 0 saturated carbocycles. The molecule has 0 atom stereocenters. The molecule has 2 heterocycles. The van der Waals surface area contributed by atoms with Gasteiger partial charge in [0.15, 0.2) is 0 Å². The zero-order valence-corrected chi connectivity index (χ0v) is 10.2. The van der Waals surface area contributed by atoms with Gasteiger partial charge in [-0.25, -0.2) is 0 Å². The van der Waals surface area contributed by atoms with E-state index in [-0.39, 0.29) is 0 Å². The highest BCUT2D eigenvalue weighted by Crippen LogP contribution is 2.36. The van der Waals surface area contributed by atoms with Crippen LogP contribution in [0.3, 0.4) is 0 Å². The molecule has 4 heteroatoms. The lowest BCUT2D eigenvalue weighted by molar-refractivity contribution is 1.31. The smallest absolute Gasteiger partial charge is 0.0893 e. The van der Waals surface area contributed by atoms with E-state index in [2.05, 4.69) is 9.97 Å². The Morgan fingerprint density at radius 2 is 1.89 bits per heavy atom. The van der Waals surface area contributed by atoms with Crippen molar-refractivity contribution in [3.8, 4) is 11.1 Å². The molecule has 0 aliphatic carbocycles. The maximum atomic E-state index is 6.24. The SMILES string of the molecule is Nc1cnc2cnccc2c1-c1ccccc1Cl. The first kappa shape index (κ1) is 11.0. The molecule has 1 aromatic carbocycles. The highest BCUT2D eigenvalue weighted by molar-refractivity contribution is 6.34. The van der Waals surface area contributed by atoms with E-state index in [1.54, 1.807) is 18.6 Å². The van der Waals surface area contributed by atoms with Crippen LogP contribution in [-0.4, -0.2) is 9.97 Å². The van der Waals surface area contributed by atoms with Gasteiger partial charge in [0.2, 0.25) is 0 Å². The highest BCUT2D eigenvalue weighted by atomic mass is 35.5. The highest BCUT2D eigenvalue weighted by Gasteiger charge is 2.11. The molecule has 3 rings (SSSR count). The Balaban J connectivity index is 2.42. The number of pyridine rings is 2. The molecule has 88 valence electrons. The number of anilines is 1. The van der Waals surface area contributed by atoms with E-state index in [0.29, 0.717) is 10.7 Å². The van der Waals surface area contributed by atoms with Crippen molar-refractivity contribution in [2.24, 2.45) is 0 Å². The van der Waals surface area contributed by atoms with Crippen LogP contribution in [0, 0.1) is 0 Å². The number of fused-ring (bicyclic) bond motifs is 1. The van der Waals surface area contributed by atoms with Crippen molar-refractivity contribution in [3.05, 3.63) is 53.9 Å². The Morgan fingerprint density at radius 3 is 2.72 bits per heavy atom. The Kier molecular flexibility index (Phi) is 2.61. The summed E-state index contributed by atoms with van der Waals surface area (Å²) in [6.07, 6.45) is 5.08. The molecule has 18 heavy (non-hydrogen) atoms. The van der Waals surface area contributed by atoms with E-state index in [1.807, 2.05) is 30.3 Å². The predicted octanol–water partition coefficient (Wildman–Crippen LogP) is 3.53. The van der Waals surface area contributed by atoms with Gasteiger partial charge in [0.25, 0.3) is 0 Å². The van der Waals surface area contributed by atoms with Crippen LogP contribution in [0.5, 0.6) is 0 Å². The van der Waals surface area contributed by atoms with E-state index < -0.39 is 0 Å². The predicted molar refractivity (Wildman–Crippen MR) is 74.4 cm³/mol. The fourth-order valence-corrected chi connectivity index (χ4v) is 2.25. The van der Waals surface area contributed by atoms with Crippen molar-refractivity contribution >= 4 is 28.2 Å². The maximum absolute atomic E-state index is 6.24. The summed E-state index contributed by atoms with van der Waals surface area (Å²) in [5.74, 6) is 0. The molecule has 2 N–H and O–H groups in total. The van der Waals surface area contributed by atoms with Crippen LogP contribution in [0.25, 0.3) is 22.0 Å². The molecule has 2 aromatic heterocycles. The van der Waals surface area contributed by atoms with E-state index in [1.165, 1.54) is 0 Å². The minimum atomic E-state index is 0.613. The fourth-order valence-electron chi connectivity index (χ4n) is 2.02. The standard InChI is InChI=1S/C14H10ClN3/c15-11-4-2-1-3-9(11)14-10-5-6-17-8-13(10)18-7-12(14)16/h1-8H,16H2. The molecule has 3 nitrogen and oxygen atoms in total. The van der Waals surface area contributed by atoms with Crippen LogP contribution in [-0.2, 0) is 0 Å². The lowest BCUT2D eigenvalue weighted by atomic mass is 10.0. The minimum absolute atomic E-state index is 0.613. The molecular formula is C14H10ClN3. The van der Waals surface area contributed by atoms with Crippen LogP contribution in [0.4, 0.5) is 5.69 Å². The molecule has 0 radical (unpaired) electrons. The number of hydrogen-bond acceptors (Lipinski definition) is 3. The van der Waals surface area contributed by atoms with Crippen LogP contribution in [0.1, 0.15) is 0 Å². The number of benzene rings is 1. The number of rotatable bonds is 1. The summed E-state index contributed by atoms with van der Waals surface area (Å²) < 4.78 is 0. The quantitative estimate of drug-likeness (QED) is 0.724. The van der Waals surface area contributed by atoms with Gasteiger partial charge in [-0.05, 0) is 12.1 Å². The summed E-state index contributed by atoms with van der Waals surface area (Å²) in [7, 11) is 0. The second-order valence-electron chi connectivity index (χ2n) is 3.96. The summed E-state index contributed by atoms with van der Waals surface area (Å²) >= 11 is 6.24. The van der Waals surface area contributed by atoms with E-state index in [0.717, 1.165) is 22.0 Å². The zero-order chi connectivity index (χ0) is 12.5. The summed E-state index contributed by atoms with van der Waals surface area (Å²) in [6, 6.07) is 9.54. The second kappa shape index (κ2) is 4.27. The van der Waals surface area contributed by atoms with Crippen LogP contribution < -0.4 is 5.73 Å². The minimum Gasteiger partial charge on any atom is -0.397 e. The average Bonchev–Trinajstić information content (AvgIpc) is 2.40. The lowest BCUT2D eigenvalue weighted by Crippen LogP contribution is -1.94. The first-order valence-corrected chi connectivity index (χ1v) is 5.88. The van der Waals surface area contributed by atoms with Crippen LogP contribution in [0.15, 0.2) is 48.9 Å². The third-order valence-corrected chi connectivity index (χ3v) is 3.17. The summed E-state index contributed by atoms with van der Waals surface area (Å²) in [5.41, 5.74) is 9.29. The van der Waals surface area contributed by atoms with Gasteiger partial charge < -0.3 is 5.73 Å². The van der Waals surface area contributed by atoms with Crippen molar-refractivity contribution in [1.29, 1.82) is 0 Å². The number of nitrogens with two attached hydrogens (primary N) is 1. The number of aromatic nitrogens is 2. The van der Waals surface area contributed by atoms with Crippen molar-refractivity contribution in [2.75, 3.05) is 5.73 Å². The molecule has 0 bridgehead atoms. The second-order valence-corrected chi connectivity index (χ2v) is 4.37. The molecular weight excluding hydrogens is 246 g/mol.